The highest BCUT2D eigenvalue weighted by molar-refractivity contribution is 9.10. The van der Waals surface area contributed by atoms with Crippen molar-refractivity contribution in [3.8, 4) is 11.3 Å². The second-order valence-electron chi connectivity index (χ2n) is 6.28. The Morgan fingerprint density at radius 1 is 1.12 bits per heavy atom. The molecule has 0 bridgehead atoms. The van der Waals surface area contributed by atoms with Crippen molar-refractivity contribution in [2.75, 3.05) is 13.1 Å². The largest absolute Gasteiger partial charge is 0.369 e. The molecule has 0 radical (unpaired) electrons. The summed E-state index contributed by atoms with van der Waals surface area (Å²) in [6, 6.07) is 10.6. The number of carbonyl (C=O) groups is 2. The molecule has 0 saturated carbocycles. The second-order valence-corrected chi connectivity index (χ2v) is 7.19. The van der Waals surface area contributed by atoms with E-state index in [1.807, 2.05) is 24.3 Å². The summed E-state index contributed by atoms with van der Waals surface area (Å²) in [7, 11) is 0. The first kappa shape index (κ1) is 18.3. The van der Waals surface area contributed by atoms with Gasteiger partial charge >= 0.3 is 0 Å². The van der Waals surface area contributed by atoms with Crippen molar-refractivity contribution in [1.82, 2.24) is 14.7 Å². The lowest BCUT2D eigenvalue weighted by atomic mass is 9.96. The van der Waals surface area contributed by atoms with Crippen LogP contribution >= 0.6 is 15.9 Å². The fourth-order valence-corrected chi connectivity index (χ4v) is 3.24. The molecule has 0 spiro atoms. The zero-order valence-corrected chi connectivity index (χ0v) is 15.7. The van der Waals surface area contributed by atoms with Gasteiger partial charge in [0.25, 0.3) is 5.56 Å². The standard InChI is InChI=1S/C18H19BrN4O3/c19-14-3-1-12(2-4-14)15-5-6-16(24)23(21-15)11-17(25)22-9-7-13(8-10-22)18(20)26/h1-6,13H,7-11H2,(H2,20,26). The van der Waals surface area contributed by atoms with Crippen LogP contribution in [0.4, 0.5) is 0 Å². The molecular weight excluding hydrogens is 400 g/mol. The summed E-state index contributed by atoms with van der Waals surface area (Å²) in [4.78, 5) is 37.4. The fraction of sp³-hybridized carbons (Fsp3) is 0.333. The molecule has 1 fully saturated rings. The lowest BCUT2D eigenvalue weighted by molar-refractivity contribution is -0.135. The topological polar surface area (TPSA) is 98.3 Å². The predicted octanol–water partition coefficient (Wildman–Crippen LogP) is 1.40. The molecule has 2 N–H and O–H groups in total. The van der Waals surface area contributed by atoms with Gasteiger partial charge in [-0.05, 0) is 31.0 Å². The van der Waals surface area contributed by atoms with Crippen LogP contribution in [0.25, 0.3) is 11.3 Å². The molecule has 1 aromatic heterocycles. The van der Waals surface area contributed by atoms with Crippen LogP contribution in [0.3, 0.4) is 0 Å². The Kier molecular flexibility index (Phi) is 5.51. The van der Waals surface area contributed by atoms with Crippen molar-refractivity contribution in [1.29, 1.82) is 0 Å². The van der Waals surface area contributed by atoms with Crippen LogP contribution in [0.5, 0.6) is 0 Å². The first-order valence-electron chi connectivity index (χ1n) is 8.35. The van der Waals surface area contributed by atoms with Crippen LogP contribution in [-0.4, -0.2) is 39.6 Å². The summed E-state index contributed by atoms with van der Waals surface area (Å²) in [5, 5.41) is 4.32. The van der Waals surface area contributed by atoms with E-state index in [-0.39, 0.29) is 29.8 Å². The van der Waals surface area contributed by atoms with Crippen LogP contribution in [0.15, 0.2) is 45.7 Å². The van der Waals surface area contributed by atoms with Crippen LogP contribution < -0.4 is 11.3 Å². The molecule has 0 unspecified atom stereocenters. The Hall–Kier alpha value is -2.48. The van der Waals surface area contributed by atoms with Crippen LogP contribution in [0.1, 0.15) is 12.8 Å². The van der Waals surface area contributed by atoms with Crippen LogP contribution in [-0.2, 0) is 16.1 Å². The third kappa shape index (κ3) is 4.19. The Balaban J connectivity index is 1.72. The number of piperidine rings is 1. The molecule has 1 saturated heterocycles. The van der Waals surface area contributed by atoms with Crippen LogP contribution in [0, 0.1) is 5.92 Å². The molecule has 1 aliphatic rings. The molecular formula is C18H19BrN4O3. The molecule has 8 heteroatoms. The van der Waals surface area contributed by atoms with Crippen molar-refractivity contribution in [2.45, 2.75) is 19.4 Å². The number of rotatable bonds is 4. The number of likely N-dealkylation sites (tertiary alicyclic amines) is 1. The van der Waals surface area contributed by atoms with Gasteiger partial charge in [-0.15, -0.1) is 0 Å². The third-order valence-corrected chi connectivity index (χ3v) is 5.07. The highest BCUT2D eigenvalue weighted by Gasteiger charge is 2.26. The van der Waals surface area contributed by atoms with Gasteiger partial charge in [-0.1, -0.05) is 28.1 Å². The maximum Gasteiger partial charge on any atom is 0.267 e. The molecule has 7 nitrogen and oxygen atoms in total. The van der Waals surface area contributed by atoms with Gasteiger partial charge in [-0.3, -0.25) is 14.4 Å². The van der Waals surface area contributed by atoms with Gasteiger partial charge in [0.05, 0.1) is 5.69 Å². The number of carbonyl (C=O) groups excluding carboxylic acids is 2. The van der Waals surface area contributed by atoms with E-state index in [4.69, 9.17) is 5.73 Å². The lowest BCUT2D eigenvalue weighted by Crippen LogP contribution is -2.44. The van der Waals surface area contributed by atoms with Crippen molar-refractivity contribution < 1.29 is 9.59 Å². The Labute approximate surface area is 158 Å². The van der Waals surface area contributed by atoms with Gasteiger partial charge in [0.2, 0.25) is 11.8 Å². The molecule has 136 valence electrons. The number of halogens is 1. The molecule has 3 rings (SSSR count). The number of hydrogen-bond donors (Lipinski definition) is 1. The molecule has 0 aliphatic carbocycles. The highest BCUT2D eigenvalue weighted by atomic mass is 79.9. The fourth-order valence-electron chi connectivity index (χ4n) is 2.98. The highest BCUT2D eigenvalue weighted by Crippen LogP contribution is 2.19. The van der Waals surface area contributed by atoms with E-state index >= 15 is 0 Å². The van der Waals surface area contributed by atoms with E-state index < -0.39 is 0 Å². The van der Waals surface area contributed by atoms with E-state index in [9.17, 15) is 14.4 Å². The molecule has 1 aliphatic heterocycles. The summed E-state index contributed by atoms with van der Waals surface area (Å²) in [5.74, 6) is -0.687. The zero-order chi connectivity index (χ0) is 18.7. The SMILES string of the molecule is NC(=O)C1CCN(C(=O)Cn2nc(-c3ccc(Br)cc3)ccc2=O)CC1. The number of primary amides is 1. The predicted molar refractivity (Wildman–Crippen MR) is 100 cm³/mol. The minimum atomic E-state index is -0.328. The molecule has 2 heterocycles. The normalized spacial score (nSPS) is 15.0. The van der Waals surface area contributed by atoms with Gasteiger partial charge in [0.1, 0.15) is 6.54 Å². The summed E-state index contributed by atoms with van der Waals surface area (Å²) >= 11 is 3.38. The molecule has 2 amide bonds. The number of aromatic nitrogens is 2. The number of benzene rings is 1. The summed E-state index contributed by atoms with van der Waals surface area (Å²) < 4.78 is 2.13. The average Bonchev–Trinajstić information content (AvgIpc) is 2.64. The van der Waals surface area contributed by atoms with E-state index in [2.05, 4.69) is 21.0 Å². The summed E-state index contributed by atoms with van der Waals surface area (Å²) in [6.07, 6.45) is 1.12. The molecule has 0 atom stereocenters. The number of nitrogens with zero attached hydrogens (tertiary/aromatic N) is 3. The number of amides is 2. The Morgan fingerprint density at radius 3 is 2.38 bits per heavy atom. The summed E-state index contributed by atoms with van der Waals surface area (Å²) in [5.41, 5.74) is 6.47. The van der Waals surface area contributed by atoms with E-state index in [1.165, 1.54) is 10.7 Å². The van der Waals surface area contributed by atoms with Crippen molar-refractivity contribution >= 4 is 27.7 Å². The maximum atomic E-state index is 12.5. The monoisotopic (exact) mass is 418 g/mol. The first-order valence-corrected chi connectivity index (χ1v) is 9.14. The quantitative estimate of drug-likeness (QED) is 0.810. The van der Waals surface area contributed by atoms with Gasteiger partial charge in [0.15, 0.2) is 0 Å². The lowest BCUT2D eigenvalue weighted by Gasteiger charge is -2.30. The van der Waals surface area contributed by atoms with Gasteiger partial charge in [0, 0.05) is 35.1 Å². The second kappa shape index (κ2) is 7.82. The molecule has 2 aromatic rings. The van der Waals surface area contributed by atoms with E-state index in [1.54, 1.807) is 11.0 Å². The van der Waals surface area contributed by atoms with E-state index in [0.29, 0.717) is 31.6 Å². The van der Waals surface area contributed by atoms with Gasteiger partial charge in [-0.25, -0.2) is 4.68 Å². The van der Waals surface area contributed by atoms with Crippen molar-refractivity contribution in [2.24, 2.45) is 11.7 Å². The van der Waals surface area contributed by atoms with Gasteiger partial charge in [-0.2, -0.15) is 5.10 Å². The Bertz CT molecular complexity index is 871. The average molecular weight is 419 g/mol. The third-order valence-electron chi connectivity index (χ3n) is 4.54. The van der Waals surface area contributed by atoms with E-state index in [0.717, 1.165) is 10.0 Å². The van der Waals surface area contributed by atoms with Crippen molar-refractivity contribution in [3.05, 3.63) is 51.2 Å². The minimum absolute atomic E-state index is 0.121. The smallest absolute Gasteiger partial charge is 0.267 e. The first-order chi connectivity index (χ1) is 12.4. The number of nitrogens with two attached hydrogens (primary N) is 1. The van der Waals surface area contributed by atoms with Crippen LogP contribution in [0.2, 0.25) is 0 Å². The molecule has 1 aromatic carbocycles. The zero-order valence-electron chi connectivity index (χ0n) is 14.1. The Morgan fingerprint density at radius 2 is 1.77 bits per heavy atom. The van der Waals surface area contributed by atoms with Crippen molar-refractivity contribution in [3.63, 3.8) is 0 Å². The number of hydrogen-bond acceptors (Lipinski definition) is 4. The maximum absolute atomic E-state index is 12.5. The van der Waals surface area contributed by atoms with Gasteiger partial charge < -0.3 is 10.6 Å². The summed E-state index contributed by atoms with van der Waals surface area (Å²) in [6.45, 7) is 0.811. The minimum Gasteiger partial charge on any atom is -0.369 e. The molecule has 26 heavy (non-hydrogen) atoms.